The Kier molecular flexibility index (Phi) is 4.96. The van der Waals surface area contributed by atoms with Crippen molar-refractivity contribution in [1.82, 2.24) is 9.62 Å². The second-order valence-corrected chi connectivity index (χ2v) is 7.11. The molecule has 0 spiro atoms. The zero-order chi connectivity index (χ0) is 14.6. The first-order valence-corrected chi connectivity index (χ1v) is 8.50. The van der Waals surface area contributed by atoms with E-state index in [1.165, 1.54) is 0 Å². The lowest BCUT2D eigenvalue weighted by Gasteiger charge is -2.20. The summed E-state index contributed by atoms with van der Waals surface area (Å²) in [5.74, 6) is 0.0666. The van der Waals surface area contributed by atoms with Gasteiger partial charge >= 0.3 is 0 Å². The van der Waals surface area contributed by atoms with Gasteiger partial charge in [-0.2, -0.15) is 4.31 Å². The Labute approximate surface area is 121 Å². The minimum Gasteiger partial charge on any atom is -0.316 e. The predicted molar refractivity (Wildman–Crippen MR) is 81.8 cm³/mol. The molecule has 1 aromatic carbocycles. The number of rotatable bonds is 8. The van der Waals surface area contributed by atoms with Crippen molar-refractivity contribution in [3.63, 3.8) is 0 Å². The molecular weight excluding hydrogens is 272 g/mol. The fourth-order valence-electron chi connectivity index (χ4n) is 2.23. The van der Waals surface area contributed by atoms with Crippen LogP contribution in [-0.2, 0) is 22.3 Å². The molecule has 20 heavy (non-hydrogen) atoms. The highest BCUT2D eigenvalue weighted by molar-refractivity contribution is 7.88. The zero-order valence-electron chi connectivity index (χ0n) is 11.9. The normalized spacial score (nSPS) is 15.5. The first-order valence-electron chi connectivity index (χ1n) is 6.89. The van der Waals surface area contributed by atoms with Crippen LogP contribution in [0.2, 0.25) is 0 Å². The molecule has 0 bridgehead atoms. The maximum absolute atomic E-state index is 12.4. The van der Waals surface area contributed by atoms with Gasteiger partial charge in [0, 0.05) is 19.1 Å². The van der Waals surface area contributed by atoms with Crippen LogP contribution in [0.5, 0.6) is 0 Å². The van der Waals surface area contributed by atoms with Crippen molar-refractivity contribution < 1.29 is 8.42 Å². The van der Waals surface area contributed by atoms with Gasteiger partial charge in [-0.3, -0.25) is 0 Å². The molecule has 1 aromatic rings. The van der Waals surface area contributed by atoms with Crippen LogP contribution in [0, 0.1) is 0 Å². The summed E-state index contributed by atoms with van der Waals surface area (Å²) >= 11 is 0. The number of benzene rings is 1. The van der Waals surface area contributed by atoms with E-state index in [9.17, 15) is 8.42 Å². The smallest absolute Gasteiger partial charge is 0.218 e. The molecule has 0 saturated heterocycles. The van der Waals surface area contributed by atoms with E-state index in [0.29, 0.717) is 6.54 Å². The summed E-state index contributed by atoms with van der Waals surface area (Å²) in [5, 5.41) is 3.07. The summed E-state index contributed by atoms with van der Waals surface area (Å²) < 4.78 is 26.5. The molecule has 0 amide bonds. The number of hydrogen-bond acceptors (Lipinski definition) is 3. The van der Waals surface area contributed by atoms with Crippen molar-refractivity contribution >= 4 is 10.0 Å². The quantitative estimate of drug-likeness (QED) is 0.745. The fourth-order valence-corrected chi connectivity index (χ4v) is 4.01. The molecule has 1 fully saturated rings. The van der Waals surface area contributed by atoms with Gasteiger partial charge in [-0.15, -0.1) is 6.58 Å². The molecule has 0 aromatic heterocycles. The fraction of sp³-hybridized carbons (Fsp3) is 0.467. The minimum absolute atomic E-state index is 0.0666. The van der Waals surface area contributed by atoms with Crippen molar-refractivity contribution in [2.45, 2.75) is 31.2 Å². The van der Waals surface area contributed by atoms with Gasteiger partial charge in [0.05, 0.1) is 5.75 Å². The monoisotopic (exact) mass is 294 g/mol. The van der Waals surface area contributed by atoms with Crippen molar-refractivity contribution in [1.29, 1.82) is 0 Å². The lowest BCUT2D eigenvalue weighted by Crippen LogP contribution is -2.34. The third kappa shape index (κ3) is 3.91. The summed E-state index contributed by atoms with van der Waals surface area (Å²) in [6.07, 6.45) is 3.59. The second-order valence-electron chi connectivity index (χ2n) is 5.19. The van der Waals surface area contributed by atoms with Crippen LogP contribution in [0.1, 0.15) is 24.0 Å². The molecule has 1 aliphatic rings. The molecule has 0 unspecified atom stereocenters. The second kappa shape index (κ2) is 6.52. The van der Waals surface area contributed by atoms with Crippen molar-refractivity contribution in [3.8, 4) is 0 Å². The Hall–Kier alpha value is -1.17. The van der Waals surface area contributed by atoms with Gasteiger partial charge in [-0.25, -0.2) is 8.42 Å². The molecule has 5 heteroatoms. The Bertz CT molecular complexity index is 548. The predicted octanol–water partition coefficient (Wildman–Crippen LogP) is 1.89. The lowest BCUT2D eigenvalue weighted by atomic mass is 10.1. The molecule has 0 radical (unpaired) electrons. The molecule has 2 rings (SSSR count). The van der Waals surface area contributed by atoms with Crippen LogP contribution in [0.25, 0.3) is 0 Å². The van der Waals surface area contributed by atoms with E-state index in [1.54, 1.807) is 10.4 Å². The third-order valence-corrected chi connectivity index (χ3v) is 5.23. The number of hydrogen-bond donors (Lipinski definition) is 1. The number of sulfonamides is 1. The standard InChI is InChI=1S/C15H22N2O2S/c1-3-10-17(15-8-9-15)20(18,19)12-14-6-4-13(5-7-14)11-16-2/h3-7,15-16H,1,8-12H2,2H3. The number of nitrogens with one attached hydrogen (secondary N) is 1. The van der Waals surface area contributed by atoms with Crippen LogP contribution >= 0.6 is 0 Å². The number of nitrogens with zero attached hydrogens (tertiary/aromatic N) is 1. The molecule has 0 heterocycles. The molecule has 0 aliphatic heterocycles. The van der Waals surface area contributed by atoms with Gasteiger partial charge in [0.2, 0.25) is 10.0 Å². The maximum atomic E-state index is 12.4. The Morgan fingerprint density at radius 2 is 1.90 bits per heavy atom. The zero-order valence-corrected chi connectivity index (χ0v) is 12.7. The summed E-state index contributed by atoms with van der Waals surface area (Å²) in [4.78, 5) is 0. The highest BCUT2D eigenvalue weighted by atomic mass is 32.2. The van der Waals surface area contributed by atoms with E-state index < -0.39 is 10.0 Å². The largest absolute Gasteiger partial charge is 0.316 e. The average molecular weight is 294 g/mol. The minimum atomic E-state index is -3.25. The van der Waals surface area contributed by atoms with Gasteiger partial charge in [-0.1, -0.05) is 30.3 Å². The van der Waals surface area contributed by atoms with E-state index in [-0.39, 0.29) is 11.8 Å². The van der Waals surface area contributed by atoms with Gasteiger partial charge in [0.15, 0.2) is 0 Å². The van der Waals surface area contributed by atoms with Crippen LogP contribution < -0.4 is 5.32 Å². The SMILES string of the molecule is C=CCN(C1CC1)S(=O)(=O)Cc1ccc(CNC)cc1. The van der Waals surface area contributed by atoms with E-state index in [0.717, 1.165) is 30.5 Å². The lowest BCUT2D eigenvalue weighted by molar-refractivity contribution is 0.435. The van der Waals surface area contributed by atoms with Crippen molar-refractivity contribution in [2.75, 3.05) is 13.6 Å². The Morgan fingerprint density at radius 3 is 2.40 bits per heavy atom. The van der Waals surface area contributed by atoms with Gasteiger partial charge in [0.25, 0.3) is 0 Å². The Morgan fingerprint density at radius 1 is 1.30 bits per heavy atom. The molecule has 4 nitrogen and oxygen atoms in total. The highest BCUT2D eigenvalue weighted by Crippen LogP contribution is 2.30. The first-order chi connectivity index (χ1) is 9.56. The molecule has 1 aliphatic carbocycles. The summed E-state index contributed by atoms with van der Waals surface area (Å²) in [6.45, 7) is 4.85. The Balaban J connectivity index is 2.08. The van der Waals surface area contributed by atoms with Gasteiger partial charge in [-0.05, 0) is 31.0 Å². The van der Waals surface area contributed by atoms with Crippen molar-refractivity contribution in [2.24, 2.45) is 0 Å². The molecule has 1 saturated carbocycles. The summed E-state index contributed by atoms with van der Waals surface area (Å²) in [7, 11) is -1.36. The average Bonchev–Trinajstić information content (AvgIpc) is 3.22. The topological polar surface area (TPSA) is 49.4 Å². The molecule has 1 N–H and O–H groups in total. The summed E-state index contributed by atoms with van der Waals surface area (Å²) in [5.41, 5.74) is 1.98. The molecular formula is C15H22N2O2S. The van der Waals surface area contributed by atoms with E-state index in [2.05, 4.69) is 11.9 Å². The van der Waals surface area contributed by atoms with Crippen molar-refractivity contribution in [3.05, 3.63) is 48.0 Å². The maximum Gasteiger partial charge on any atom is 0.218 e. The summed E-state index contributed by atoms with van der Waals surface area (Å²) in [6, 6.07) is 7.90. The van der Waals surface area contributed by atoms with Crippen LogP contribution in [0.15, 0.2) is 36.9 Å². The highest BCUT2D eigenvalue weighted by Gasteiger charge is 2.36. The first kappa shape index (κ1) is 15.2. The van der Waals surface area contributed by atoms with E-state index in [4.69, 9.17) is 0 Å². The molecule has 0 atom stereocenters. The van der Waals surface area contributed by atoms with Crippen LogP contribution in [-0.4, -0.2) is 32.4 Å². The van der Waals surface area contributed by atoms with Gasteiger partial charge < -0.3 is 5.32 Å². The third-order valence-electron chi connectivity index (χ3n) is 3.37. The molecule has 110 valence electrons. The van der Waals surface area contributed by atoms with Gasteiger partial charge in [0.1, 0.15) is 0 Å². The van der Waals surface area contributed by atoms with E-state index in [1.807, 2.05) is 31.3 Å². The van der Waals surface area contributed by atoms with E-state index >= 15 is 0 Å². The van der Waals surface area contributed by atoms with Crippen LogP contribution in [0.4, 0.5) is 0 Å². The van der Waals surface area contributed by atoms with Crippen LogP contribution in [0.3, 0.4) is 0 Å².